The predicted octanol–water partition coefficient (Wildman–Crippen LogP) is -0.0772. The van der Waals surface area contributed by atoms with E-state index in [1.54, 1.807) is 12.1 Å². The standard InChI is InChI=1S/C31H38N2O12/c1-15(34)17(3)42-29(40)21(44-23(37)8-11-32-28(39)16(2)35)14-24(38)43-20-7-9-31(41)22-13-18-5-6-19(36)26-25(18)30(31,27(20)45-26)10-12-33(22)4/h5-7,16-17,21-22,27,35-36,41H,8-14H2,1-4H3,(H,32,39)/t16-,17-,21-,22+,27-,30-,31+/m0/s1. The number of nitrogens with zero attached hydrogens (tertiary/aromatic N) is 1. The van der Waals surface area contributed by atoms with E-state index in [1.165, 1.54) is 20.8 Å². The van der Waals surface area contributed by atoms with Crippen LogP contribution < -0.4 is 10.1 Å². The zero-order valence-corrected chi connectivity index (χ0v) is 25.5. The minimum absolute atomic E-state index is 0.0906. The van der Waals surface area contributed by atoms with Gasteiger partial charge in [-0.2, -0.15) is 0 Å². The lowest BCUT2D eigenvalue weighted by molar-refractivity contribution is -0.177. The van der Waals surface area contributed by atoms with Crippen molar-refractivity contribution in [2.45, 2.75) is 94.3 Å². The summed E-state index contributed by atoms with van der Waals surface area (Å²) in [6, 6.07) is 3.11. The molecule has 14 nitrogen and oxygen atoms in total. The van der Waals surface area contributed by atoms with E-state index in [4.69, 9.17) is 18.9 Å². The van der Waals surface area contributed by atoms with Gasteiger partial charge in [0.1, 0.15) is 11.9 Å². The lowest BCUT2D eigenvalue weighted by atomic mass is 9.50. The van der Waals surface area contributed by atoms with Crippen LogP contribution in [0, 0.1) is 0 Å². The quantitative estimate of drug-likeness (QED) is 0.187. The molecule has 0 unspecified atom stereocenters. The zero-order valence-electron chi connectivity index (χ0n) is 25.5. The molecule has 1 saturated heterocycles. The normalized spacial score (nSPS) is 27.9. The second-order valence-corrected chi connectivity index (χ2v) is 12.2. The third-order valence-corrected chi connectivity index (χ3v) is 9.35. The molecular weight excluding hydrogens is 592 g/mol. The number of hydrogen-bond acceptors (Lipinski definition) is 13. The number of aliphatic hydroxyl groups excluding tert-OH is 1. The van der Waals surface area contributed by atoms with Gasteiger partial charge in [-0.15, -0.1) is 0 Å². The number of aliphatic hydroxyl groups is 2. The number of carbonyl (C=O) groups excluding carboxylic acids is 5. The summed E-state index contributed by atoms with van der Waals surface area (Å²) in [4.78, 5) is 64.1. The Balaban J connectivity index is 1.35. The number of aromatic hydroxyl groups is 1. The Morgan fingerprint density at radius 1 is 1.16 bits per heavy atom. The van der Waals surface area contributed by atoms with E-state index < -0.39 is 71.5 Å². The molecule has 4 N–H and O–H groups in total. The van der Waals surface area contributed by atoms with Crippen LogP contribution >= 0.6 is 0 Å². The van der Waals surface area contributed by atoms with Gasteiger partial charge in [-0.05, 0) is 64.9 Å². The fourth-order valence-corrected chi connectivity index (χ4v) is 6.92. The highest BCUT2D eigenvalue weighted by molar-refractivity contribution is 5.88. The first-order chi connectivity index (χ1) is 21.2. The summed E-state index contributed by atoms with van der Waals surface area (Å²) in [6.45, 7) is 4.20. The van der Waals surface area contributed by atoms with Gasteiger partial charge in [0.15, 0.2) is 29.5 Å². The van der Waals surface area contributed by atoms with Crippen LogP contribution in [0.2, 0.25) is 0 Å². The van der Waals surface area contributed by atoms with Crippen molar-refractivity contribution < 1.29 is 58.2 Å². The number of phenolic OH excluding ortho intramolecular Hbond substituents is 1. The van der Waals surface area contributed by atoms with Crippen LogP contribution in [0.1, 0.15) is 57.6 Å². The van der Waals surface area contributed by atoms with Crippen molar-refractivity contribution in [3.05, 3.63) is 35.1 Å². The number of Topliss-reactive ketones (excluding diaryl/α,β-unsaturated/α-hetero) is 1. The Morgan fingerprint density at radius 3 is 2.58 bits per heavy atom. The molecule has 4 aliphatic rings. The van der Waals surface area contributed by atoms with Crippen molar-refractivity contribution >= 4 is 29.6 Å². The molecule has 2 heterocycles. The van der Waals surface area contributed by atoms with Crippen molar-refractivity contribution in [3.8, 4) is 11.5 Å². The van der Waals surface area contributed by atoms with E-state index in [9.17, 15) is 39.3 Å². The zero-order chi connectivity index (χ0) is 32.8. The second-order valence-electron chi connectivity index (χ2n) is 12.2. The Labute approximate surface area is 259 Å². The largest absolute Gasteiger partial charge is 0.504 e. The molecule has 0 saturated carbocycles. The summed E-state index contributed by atoms with van der Waals surface area (Å²) >= 11 is 0. The summed E-state index contributed by atoms with van der Waals surface area (Å²) in [6.07, 6.45) is -3.65. The van der Waals surface area contributed by atoms with Gasteiger partial charge in [0, 0.05) is 24.6 Å². The van der Waals surface area contributed by atoms with E-state index >= 15 is 0 Å². The number of likely N-dealkylation sites (tertiary alicyclic amines) is 1. The summed E-state index contributed by atoms with van der Waals surface area (Å²) in [5.74, 6) is -4.03. The second kappa shape index (κ2) is 12.1. The molecule has 2 aliphatic carbocycles. The fourth-order valence-electron chi connectivity index (χ4n) is 6.92. The highest BCUT2D eigenvalue weighted by Crippen LogP contribution is 2.65. The molecule has 0 radical (unpaired) electrons. The summed E-state index contributed by atoms with van der Waals surface area (Å²) < 4.78 is 22.3. The maximum absolute atomic E-state index is 13.3. The summed E-state index contributed by atoms with van der Waals surface area (Å²) in [5.41, 5.74) is -0.648. The molecular formula is C31H38N2O12. The molecule has 1 aromatic rings. The number of piperidine rings is 1. The average Bonchev–Trinajstić information content (AvgIpc) is 3.33. The van der Waals surface area contributed by atoms with Crippen molar-refractivity contribution in [1.29, 1.82) is 0 Å². The molecule has 1 amide bonds. The molecule has 1 fully saturated rings. The molecule has 14 heteroatoms. The Morgan fingerprint density at radius 2 is 1.89 bits per heavy atom. The maximum atomic E-state index is 13.3. The van der Waals surface area contributed by atoms with Crippen LogP contribution in [0.25, 0.3) is 0 Å². The van der Waals surface area contributed by atoms with Gasteiger partial charge < -0.3 is 44.5 Å². The van der Waals surface area contributed by atoms with E-state index in [2.05, 4.69) is 10.2 Å². The molecule has 244 valence electrons. The van der Waals surface area contributed by atoms with Gasteiger partial charge in [0.25, 0.3) is 0 Å². The number of ether oxygens (including phenoxy) is 4. The molecule has 2 bridgehead atoms. The summed E-state index contributed by atoms with van der Waals surface area (Å²) in [5, 5.41) is 34.5. The number of phenols is 1. The van der Waals surface area contributed by atoms with Crippen LogP contribution in [0.5, 0.6) is 11.5 Å². The van der Waals surface area contributed by atoms with Crippen LogP contribution in [0.3, 0.4) is 0 Å². The van der Waals surface area contributed by atoms with Gasteiger partial charge in [0.05, 0.1) is 23.9 Å². The number of likely N-dealkylation sites (N-methyl/N-ethyl adjacent to an activating group) is 1. The third-order valence-electron chi connectivity index (χ3n) is 9.35. The number of hydrogen-bond donors (Lipinski definition) is 4. The first-order valence-corrected chi connectivity index (χ1v) is 14.9. The molecule has 45 heavy (non-hydrogen) atoms. The number of nitrogens with one attached hydrogen (secondary N) is 1. The summed E-state index contributed by atoms with van der Waals surface area (Å²) in [7, 11) is 1.94. The average molecular weight is 631 g/mol. The molecule has 5 rings (SSSR count). The van der Waals surface area contributed by atoms with Crippen LogP contribution in [-0.4, -0.2) is 106 Å². The van der Waals surface area contributed by atoms with Crippen molar-refractivity contribution in [2.75, 3.05) is 20.1 Å². The third kappa shape index (κ3) is 5.55. The van der Waals surface area contributed by atoms with Gasteiger partial charge in [-0.25, -0.2) is 4.79 Å². The van der Waals surface area contributed by atoms with E-state index in [-0.39, 0.29) is 42.7 Å². The highest BCUT2D eigenvalue weighted by Gasteiger charge is 2.72. The van der Waals surface area contributed by atoms with Crippen LogP contribution in [-0.2, 0) is 50.0 Å². The number of amides is 1. The molecule has 7 atom stereocenters. The van der Waals surface area contributed by atoms with Crippen molar-refractivity contribution in [2.24, 2.45) is 0 Å². The van der Waals surface area contributed by atoms with Crippen LogP contribution in [0.4, 0.5) is 0 Å². The Hall–Kier alpha value is -4.01. The fraction of sp³-hybridized carbons (Fsp3) is 0.581. The highest BCUT2D eigenvalue weighted by atomic mass is 16.6. The Bertz CT molecular complexity index is 1460. The van der Waals surface area contributed by atoms with Gasteiger partial charge in [0.2, 0.25) is 12.0 Å². The lowest BCUT2D eigenvalue weighted by Crippen LogP contribution is -2.74. The number of ketones is 1. The monoisotopic (exact) mass is 630 g/mol. The topological polar surface area (TPSA) is 198 Å². The number of rotatable bonds is 11. The number of carbonyl (C=O) groups is 5. The van der Waals surface area contributed by atoms with Crippen molar-refractivity contribution in [3.63, 3.8) is 0 Å². The predicted molar refractivity (Wildman–Crippen MR) is 153 cm³/mol. The molecule has 1 aromatic carbocycles. The Kier molecular flexibility index (Phi) is 8.68. The first kappa shape index (κ1) is 32.4. The molecule has 1 spiro atoms. The lowest BCUT2D eigenvalue weighted by Gasteiger charge is -2.61. The molecule has 0 aromatic heterocycles. The van der Waals surface area contributed by atoms with E-state index in [1.807, 2.05) is 13.1 Å². The molecule has 2 aliphatic heterocycles. The smallest absolute Gasteiger partial charge is 0.348 e. The maximum Gasteiger partial charge on any atom is 0.348 e. The van der Waals surface area contributed by atoms with E-state index in [0.29, 0.717) is 24.9 Å². The van der Waals surface area contributed by atoms with Gasteiger partial charge in [-0.1, -0.05) is 6.07 Å². The van der Waals surface area contributed by atoms with E-state index in [0.717, 1.165) is 5.56 Å². The van der Waals surface area contributed by atoms with Crippen LogP contribution in [0.15, 0.2) is 24.0 Å². The minimum Gasteiger partial charge on any atom is -0.504 e. The minimum atomic E-state index is -1.78. The first-order valence-electron chi connectivity index (χ1n) is 14.9. The van der Waals surface area contributed by atoms with Gasteiger partial charge >= 0.3 is 17.9 Å². The number of benzene rings is 1. The van der Waals surface area contributed by atoms with Gasteiger partial charge in [-0.3, -0.25) is 19.2 Å². The number of esters is 3. The van der Waals surface area contributed by atoms with Crippen molar-refractivity contribution in [1.82, 2.24) is 10.2 Å². The SMILES string of the molecule is CC(=O)[C@H](C)OC(=O)[C@H](CC(=O)OC1=CC[C@@]2(O)[C@H]3Cc4ccc(O)c5c4[C@@]2(CCN3C)[C@H]1O5)OC(=O)CCNC(=O)[C@H](C)O.